The third-order valence-electron chi connectivity index (χ3n) is 2.86. The summed E-state index contributed by atoms with van der Waals surface area (Å²) in [6, 6.07) is 20.2. The molecule has 2 nitrogen and oxygen atoms in total. The molecule has 2 aromatic carbocycles. The van der Waals surface area contributed by atoms with E-state index in [1.807, 2.05) is 64.8 Å². The molecule has 0 radical (unpaired) electrons. The molecule has 20 heavy (non-hydrogen) atoms. The normalized spacial score (nSPS) is 11.0. The lowest BCUT2D eigenvalue weighted by molar-refractivity contribution is 0.897. The zero-order valence-corrected chi connectivity index (χ0v) is 12.3. The van der Waals surface area contributed by atoms with E-state index < -0.39 is 0 Å². The topological polar surface area (TPSA) is 17.3 Å². The monoisotopic (exact) mass is 296 g/mol. The molecule has 0 aliphatic carbocycles. The molecule has 3 rings (SSSR count). The van der Waals surface area contributed by atoms with E-state index in [1.165, 1.54) is 11.3 Å². The number of benzene rings is 2. The van der Waals surface area contributed by atoms with Crippen LogP contribution in [0, 0.1) is 3.95 Å². The Balaban J connectivity index is 2.01. The van der Waals surface area contributed by atoms with Gasteiger partial charge in [-0.05, 0) is 17.8 Å². The lowest BCUT2D eigenvalue weighted by atomic mass is 10.2. The Labute approximate surface area is 126 Å². The first-order valence-electron chi connectivity index (χ1n) is 6.20. The van der Waals surface area contributed by atoms with Crippen molar-refractivity contribution in [1.82, 2.24) is 4.68 Å². The summed E-state index contributed by atoms with van der Waals surface area (Å²) in [5, 5.41) is 6.55. The van der Waals surface area contributed by atoms with Crippen LogP contribution in [0.1, 0.15) is 5.56 Å². The third kappa shape index (κ3) is 2.76. The summed E-state index contributed by atoms with van der Waals surface area (Å²) in [7, 11) is 0. The summed E-state index contributed by atoms with van der Waals surface area (Å²) >= 11 is 6.88. The summed E-state index contributed by atoms with van der Waals surface area (Å²) in [4.78, 5) is 0. The number of nitrogens with zero attached hydrogens (tertiary/aromatic N) is 2. The van der Waals surface area contributed by atoms with Gasteiger partial charge in [-0.2, -0.15) is 5.10 Å². The van der Waals surface area contributed by atoms with Crippen LogP contribution in [0.4, 0.5) is 0 Å². The number of thiazole rings is 1. The van der Waals surface area contributed by atoms with Crippen LogP contribution in [0.15, 0.2) is 71.1 Å². The lowest BCUT2D eigenvalue weighted by Crippen LogP contribution is -1.93. The third-order valence-corrected chi connectivity index (χ3v) is 4.04. The van der Waals surface area contributed by atoms with Crippen molar-refractivity contribution in [2.45, 2.75) is 0 Å². The van der Waals surface area contributed by atoms with Crippen molar-refractivity contribution >= 4 is 29.8 Å². The second-order valence-corrected chi connectivity index (χ2v) is 5.72. The van der Waals surface area contributed by atoms with Crippen LogP contribution in [-0.2, 0) is 0 Å². The Kier molecular flexibility index (Phi) is 3.85. The van der Waals surface area contributed by atoms with Gasteiger partial charge in [0.2, 0.25) is 0 Å². The van der Waals surface area contributed by atoms with E-state index in [9.17, 15) is 0 Å². The molecule has 0 amide bonds. The largest absolute Gasteiger partial charge is 0.211 e. The van der Waals surface area contributed by atoms with E-state index >= 15 is 0 Å². The van der Waals surface area contributed by atoms with Gasteiger partial charge in [-0.15, -0.1) is 11.3 Å². The molecule has 0 fully saturated rings. The van der Waals surface area contributed by atoms with Gasteiger partial charge in [0, 0.05) is 10.9 Å². The SMILES string of the molecule is S=c1scc(-c2ccccc2)n1/N=C/c1ccccc1. The molecule has 0 saturated carbocycles. The van der Waals surface area contributed by atoms with Crippen LogP contribution in [0.3, 0.4) is 0 Å². The van der Waals surface area contributed by atoms with Crippen LogP contribution in [0.25, 0.3) is 11.3 Å². The molecule has 0 atom stereocenters. The Morgan fingerprint density at radius 1 is 0.950 bits per heavy atom. The first-order chi connectivity index (χ1) is 9.84. The predicted molar refractivity (Wildman–Crippen MR) is 88.0 cm³/mol. The zero-order valence-electron chi connectivity index (χ0n) is 10.6. The van der Waals surface area contributed by atoms with Crippen molar-refractivity contribution < 1.29 is 0 Å². The van der Waals surface area contributed by atoms with E-state index in [4.69, 9.17) is 12.2 Å². The standard InChI is InChI=1S/C16H12N2S2/c19-16-18(17-11-13-7-3-1-4-8-13)15(12-20-16)14-9-5-2-6-10-14/h1-12H/b17-11+. The van der Waals surface area contributed by atoms with Crippen molar-refractivity contribution in [3.63, 3.8) is 0 Å². The summed E-state index contributed by atoms with van der Waals surface area (Å²) in [5.74, 6) is 0. The maximum Gasteiger partial charge on any atom is 0.182 e. The summed E-state index contributed by atoms with van der Waals surface area (Å²) < 4.78 is 2.55. The second-order valence-electron chi connectivity index (χ2n) is 4.22. The molecule has 0 unspecified atom stereocenters. The van der Waals surface area contributed by atoms with Crippen molar-refractivity contribution in [1.29, 1.82) is 0 Å². The van der Waals surface area contributed by atoms with Crippen LogP contribution in [0.5, 0.6) is 0 Å². The van der Waals surface area contributed by atoms with Crippen LogP contribution < -0.4 is 0 Å². The van der Waals surface area contributed by atoms with Gasteiger partial charge < -0.3 is 0 Å². The van der Waals surface area contributed by atoms with Crippen LogP contribution in [0.2, 0.25) is 0 Å². The molecule has 0 spiro atoms. The molecular weight excluding hydrogens is 284 g/mol. The first-order valence-corrected chi connectivity index (χ1v) is 7.49. The summed E-state index contributed by atoms with van der Waals surface area (Å²) in [6.07, 6.45) is 1.83. The van der Waals surface area contributed by atoms with Gasteiger partial charge in [0.15, 0.2) is 3.95 Å². The van der Waals surface area contributed by atoms with E-state index in [0.717, 1.165) is 20.8 Å². The maximum absolute atomic E-state index is 5.36. The van der Waals surface area contributed by atoms with E-state index in [-0.39, 0.29) is 0 Å². The highest BCUT2D eigenvalue weighted by Crippen LogP contribution is 2.23. The quantitative estimate of drug-likeness (QED) is 0.500. The Bertz CT molecular complexity index is 771. The Hall–Kier alpha value is -2.04. The van der Waals surface area contributed by atoms with Crippen molar-refractivity contribution in [2.75, 3.05) is 0 Å². The van der Waals surface area contributed by atoms with Gasteiger partial charge in [-0.3, -0.25) is 0 Å². The minimum absolute atomic E-state index is 0.746. The fraction of sp³-hybridized carbons (Fsp3) is 0. The second kappa shape index (κ2) is 5.94. The molecule has 1 heterocycles. The van der Waals surface area contributed by atoms with Gasteiger partial charge in [0.25, 0.3) is 0 Å². The highest BCUT2D eigenvalue weighted by Gasteiger charge is 2.05. The molecular formula is C16H12N2S2. The molecule has 98 valence electrons. The molecule has 1 aromatic heterocycles. The smallest absolute Gasteiger partial charge is 0.182 e. The molecule has 0 aliphatic heterocycles. The lowest BCUT2D eigenvalue weighted by Gasteiger charge is -2.02. The first kappa shape index (κ1) is 13.0. The number of rotatable bonds is 3. The minimum Gasteiger partial charge on any atom is -0.211 e. The predicted octanol–water partition coefficient (Wildman–Crippen LogP) is 4.83. The van der Waals surface area contributed by atoms with Gasteiger partial charge in [-0.1, -0.05) is 60.7 Å². The van der Waals surface area contributed by atoms with E-state index in [0.29, 0.717) is 0 Å². The van der Waals surface area contributed by atoms with Crippen molar-refractivity contribution in [3.8, 4) is 11.3 Å². The fourth-order valence-electron chi connectivity index (χ4n) is 1.88. The Morgan fingerprint density at radius 3 is 2.30 bits per heavy atom. The maximum atomic E-state index is 5.36. The van der Waals surface area contributed by atoms with Crippen molar-refractivity contribution in [2.24, 2.45) is 5.10 Å². The minimum atomic E-state index is 0.746. The number of hydrogen-bond donors (Lipinski definition) is 0. The summed E-state index contributed by atoms with van der Waals surface area (Å²) in [6.45, 7) is 0. The molecule has 0 saturated heterocycles. The molecule has 0 bridgehead atoms. The average molecular weight is 296 g/mol. The van der Waals surface area contributed by atoms with Crippen molar-refractivity contribution in [3.05, 3.63) is 75.6 Å². The van der Waals surface area contributed by atoms with E-state index in [1.54, 1.807) is 0 Å². The van der Waals surface area contributed by atoms with Gasteiger partial charge in [0.1, 0.15) is 0 Å². The zero-order chi connectivity index (χ0) is 13.8. The van der Waals surface area contributed by atoms with Gasteiger partial charge >= 0.3 is 0 Å². The average Bonchev–Trinajstić information content (AvgIpc) is 2.88. The van der Waals surface area contributed by atoms with E-state index in [2.05, 4.69) is 17.2 Å². The highest BCUT2D eigenvalue weighted by molar-refractivity contribution is 7.73. The van der Waals surface area contributed by atoms with Crippen LogP contribution >= 0.6 is 23.6 Å². The number of aromatic nitrogens is 1. The van der Waals surface area contributed by atoms with Crippen LogP contribution in [-0.4, -0.2) is 10.9 Å². The van der Waals surface area contributed by atoms with Gasteiger partial charge in [-0.25, -0.2) is 4.68 Å². The molecule has 4 heteroatoms. The molecule has 0 N–H and O–H groups in total. The Morgan fingerprint density at radius 2 is 1.60 bits per heavy atom. The molecule has 0 aliphatic rings. The highest BCUT2D eigenvalue weighted by atomic mass is 32.1. The van der Waals surface area contributed by atoms with Gasteiger partial charge in [0.05, 0.1) is 11.9 Å². The fourth-order valence-corrected chi connectivity index (χ4v) is 2.86. The summed E-state index contributed by atoms with van der Waals surface area (Å²) in [5.41, 5.74) is 3.19. The number of hydrogen-bond acceptors (Lipinski definition) is 3. The molecule has 3 aromatic rings.